The first kappa shape index (κ1) is 24.5. The van der Waals surface area contributed by atoms with Gasteiger partial charge in [-0.25, -0.2) is 13.6 Å². The molecule has 1 aromatic carbocycles. The molecule has 32 heavy (non-hydrogen) atoms. The van der Waals surface area contributed by atoms with Crippen molar-refractivity contribution in [2.24, 2.45) is 0 Å². The number of hydrogen-bond acceptors (Lipinski definition) is 9. The van der Waals surface area contributed by atoms with E-state index in [2.05, 4.69) is 20.8 Å². The molecule has 0 amide bonds. The number of halogens is 2. The first-order valence-corrected chi connectivity index (χ1v) is 12.4. The van der Waals surface area contributed by atoms with Crippen LogP contribution in [0.5, 0.6) is 5.75 Å². The van der Waals surface area contributed by atoms with Crippen molar-refractivity contribution < 1.29 is 51.6 Å². The predicted molar refractivity (Wildman–Crippen MR) is 108 cm³/mol. The van der Waals surface area contributed by atoms with Crippen LogP contribution in [0.1, 0.15) is 24.3 Å². The monoisotopic (exact) mass is 493 g/mol. The van der Waals surface area contributed by atoms with E-state index >= 15 is 0 Å². The zero-order chi connectivity index (χ0) is 23.7. The molecule has 0 aliphatic carbocycles. The Bertz CT molecular complexity index is 1070. The largest absolute Gasteiger partial charge is 0.513 e. The normalized spacial score (nSPS) is 30.0. The summed E-state index contributed by atoms with van der Waals surface area (Å²) in [5.41, 5.74) is -0.754. The van der Waals surface area contributed by atoms with E-state index in [4.69, 9.17) is 9.05 Å². The molecule has 14 heteroatoms. The Morgan fingerprint density at radius 1 is 1.31 bits per heavy atom. The molecule has 3 rings (SSSR count). The summed E-state index contributed by atoms with van der Waals surface area (Å²) >= 11 is 0. The van der Waals surface area contributed by atoms with Gasteiger partial charge in [-0.2, -0.15) is 0 Å². The molecular formula is C18H19F2NO9P2. The van der Waals surface area contributed by atoms with Crippen molar-refractivity contribution in [1.29, 1.82) is 0 Å². The maximum atomic E-state index is 14.6. The van der Waals surface area contributed by atoms with Crippen molar-refractivity contribution in [2.75, 3.05) is 6.61 Å². The summed E-state index contributed by atoms with van der Waals surface area (Å²) in [6.45, 7) is 1.46. The Morgan fingerprint density at radius 2 is 1.97 bits per heavy atom. The molecule has 1 saturated heterocycles. The highest BCUT2D eigenvalue weighted by Crippen LogP contribution is 2.79. The lowest BCUT2D eigenvalue weighted by atomic mass is 10.2. The Hall–Kier alpha value is -2.17. The van der Waals surface area contributed by atoms with E-state index in [0.29, 0.717) is 12.1 Å². The summed E-state index contributed by atoms with van der Waals surface area (Å²) in [7, 11) is -9.65. The van der Waals surface area contributed by atoms with Crippen LogP contribution in [-0.2, 0) is 24.8 Å². The minimum Gasteiger partial charge on any atom is -0.434 e. The third-order valence-electron chi connectivity index (χ3n) is 4.44. The fourth-order valence-electron chi connectivity index (χ4n) is 2.87. The van der Waals surface area contributed by atoms with Crippen LogP contribution < -0.4 is 4.74 Å². The van der Waals surface area contributed by atoms with E-state index in [0.717, 1.165) is 0 Å². The van der Waals surface area contributed by atoms with Gasteiger partial charge in [0, 0.05) is 30.9 Å². The summed E-state index contributed by atoms with van der Waals surface area (Å²) in [5, 5.41) is 7.97. The van der Waals surface area contributed by atoms with Crippen LogP contribution in [0.4, 0.5) is 13.6 Å². The second-order valence-corrected chi connectivity index (χ2v) is 11.4. The summed E-state index contributed by atoms with van der Waals surface area (Å²) in [5.74, 6) is -3.32. The number of nitrogens with zero attached hydrogens (tertiary/aromatic N) is 1. The van der Waals surface area contributed by atoms with Gasteiger partial charge in [-0.3, -0.25) is 18.6 Å². The van der Waals surface area contributed by atoms with Gasteiger partial charge < -0.3 is 24.4 Å². The number of aromatic nitrogens is 1. The molecule has 0 radical (unpaired) electrons. The number of pyridine rings is 1. The minimum atomic E-state index is -5.20. The number of aliphatic hydroxyl groups is 1. The molecule has 1 aliphatic rings. The number of ether oxygens (including phenoxy) is 2. The van der Waals surface area contributed by atoms with Crippen molar-refractivity contribution in [2.45, 2.75) is 24.7 Å². The van der Waals surface area contributed by atoms with Crippen molar-refractivity contribution >= 4 is 27.4 Å². The molecule has 1 fully saturated rings. The Kier molecular flexibility index (Phi) is 6.88. The van der Waals surface area contributed by atoms with Gasteiger partial charge >= 0.3 is 13.8 Å². The average Bonchev–Trinajstić information content (AvgIpc) is 2.66. The Balaban J connectivity index is 1.93. The molecule has 1 aliphatic heterocycles. The third-order valence-corrected chi connectivity index (χ3v) is 9.49. The van der Waals surface area contributed by atoms with Crippen LogP contribution >= 0.6 is 14.9 Å². The van der Waals surface area contributed by atoms with Gasteiger partial charge in [0.25, 0.3) is 0 Å². The van der Waals surface area contributed by atoms with E-state index in [1.807, 2.05) is 0 Å². The molecule has 10 nitrogen and oxygen atoms in total. The van der Waals surface area contributed by atoms with Crippen LogP contribution in [0.25, 0.3) is 0 Å². The molecule has 2 heterocycles. The van der Waals surface area contributed by atoms with Gasteiger partial charge in [-0.1, -0.05) is 6.07 Å². The molecule has 0 spiro atoms. The second kappa shape index (κ2) is 8.99. The molecule has 4 unspecified atom stereocenters. The fourth-order valence-corrected chi connectivity index (χ4v) is 6.82. The highest BCUT2D eigenvalue weighted by molar-refractivity contribution is 7.78. The van der Waals surface area contributed by atoms with Crippen molar-refractivity contribution in [3.8, 4) is 5.75 Å². The predicted octanol–water partition coefficient (Wildman–Crippen LogP) is 3.29. The minimum absolute atomic E-state index is 0.0365. The van der Waals surface area contributed by atoms with Gasteiger partial charge in [0.05, 0.1) is 12.2 Å². The smallest absolute Gasteiger partial charge is 0.434 e. The highest BCUT2D eigenvalue weighted by Gasteiger charge is 2.63. The number of carbonyl (C=O) groups is 1. The highest BCUT2D eigenvalue weighted by atomic mass is 31.2. The first-order chi connectivity index (χ1) is 14.9. The standard InChI is InChI=1S/C18H19F2NO9P2/c1-3-27-17(22)28-12-7-13(19)15(14(20)8-12)16-29-31(2,24)18(23,32(25,26)30-16)9-11-5-4-6-21-10-11/h4-8,10,16,23-24H,2-3,9H2,1H3,(H,25,26). The summed E-state index contributed by atoms with van der Waals surface area (Å²) in [4.78, 5) is 36.3. The van der Waals surface area contributed by atoms with Crippen LogP contribution in [0.3, 0.4) is 0 Å². The molecule has 174 valence electrons. The van der Waals surface area contributed by atoms with Crippen LogP contribution in [-0.4, -0.2) is 44.0 Å². The number of hydrogen-bond donors (Lipinski definition) is 3. The molecule has 3 N–H and O–H groups in total. The second-order valence-electron chi connectivity index (χ2n) is 6.66. The average molecular weight is 493 g/mol. The Labute approximate surface area is 181 Å². The van der Waals surface area contributed by atoms with Crippen LogP contribution in [0.15, 0.2) is 36.7 Å². The van der Waals surface area contributed by atoms with Gasteiger partial charge in [-0.05, 0) is 24.9 Å². The molecule has 1 aromatic heterocycles. The van der Waals surface area contributed by atoms with E-state index in [-0.39, 0.29) is 12.2 Å². The molecule has 0 saturated carbocycles. The van der Waals surface area contributed by atoms with Gasteiger partial charge in [0.15, 0.2) is 7.34 Å². The van der Waals surface area contributed by atoms with Crippen molar-refractivity contribution in [3.63, 3.8) is 0 Å². The summed E-state index contributed by atoms with van der Waals surface area (Å²) in [6, 6.07) is 4.11. The summed E-state index contributed by atoms with van der Waals surface area (Å²) in [6.07, 6.45) is 1.94. The SMILES string of the molecule is C=P1(O)OC(c2c(F)cc(OC(=O)OCC)cc2F)OP(=O)(O)C1(O)Cc1cccnc1. The maximum absolute atomic E-state index is 14.6. The zero-order valence-electron chi connectivity index (χ0n) is 16.6. The number of benzene rings is 1. The van der Waals surface area contributed by atoms with Crippen LogP contribution in [0.2, 0.25) is 0 Å². The number of rotatable bonds is 5. The quantitative estimate of drug-likeness (QED) is 0.322. The Morgan fingerprint density at radius 3 is 2.50 bits per heavy atom. The molecule has 2 aromatic rings. The number of carbonyl (C=O) groups excluding carboxylic acids is 1. The lowest BCUT2D eigenvalue weighted by Crippen LogP contribution is -2.38. The van der Waals surface area contributed by atoms with E-state index in [1.54, 1.807) is 0 Å². The van der Waals surface area contributed by atoms with Gasteiger partial charge in [-0.15, -0.1) is 0 Å². The van der Waals surface area contributed by atoms with Gasteiger partial charge in [0.2, 0.25) is 11.4 Å². The summed E-state index contributed by atoms with van der Waals surface area (Å²) < 4.78 is 61.2. The third kappa shape index (κ3) is 4.62. The molecular weight excluding hydrogens is 474 g/mol. The first-order valence-electron chi connectivity index (χ1n) is 9.01. The topological polar surface area (TPSA) is 145 Å². The lowest BCUT2D eigenvalue weighted by molar-refractivity contribution is -0.0511. The van der Waals surface area contributed by atoms with E-state index in [9.17, 15) is 33.0 Å². The fraction of sp³-hybridized carbons (Fsp3) is 0.278. The van der Waals surface area contributed by atoms with Crippen molar-refractivity contribution in [3.05, 3.63) is 59.4 Å². The molecule has 0 bridgehead atoms. The zero-order valence-corrected chi connectivity index (χ0v) is 18.3. The van der Waals surface area contributed by atoms with Gasteiger partial charge in [0.1, 0.15) is 17.4 Å². The lowest BCUT2D eigenvalue weighted by Gasteiger charge is -2.45. The van der Waals surface area contributed by atoms with Crippen LogP contribution in [0, 0.1) is 11.6 Å². The maximum Gasteiger partial charge on any atom is 0.513 e. The van der Waals surface area contributed by atoms with E-state index in [1.165, 1.54) is 31.5 Å². The van der Waals surface area contributed by atoms with Crippen molar-refractivity contribution in [1.82, 2.24) is 4.98 Å². The molecule has 4 atom stereocenters. The van der Waals surface area contributed by atoms with E-state index < -0.39 is 61.8 Å².